The van der Waals surface area contributed by atoms with Crippen molar-refractivity contribution in [3.8, 4) is 0 Å². The molecule has 0 radical (unpaired) electrons. The third-order valence-electron chi connectivity index (χ3n) is 2.94. The molecule has 0 amide bonds. The maximum Gasteiger partial charge on any atom is 0.508 e. The van der Waals surface area contributed by atoms with Crippen LogP contribution in [0.25, 0.3) is 0 Å². The van der Waals surface area contributed by atoms with Crippen molar-refractivity contribution in [1.82, 2.24) is 19.1 Å². The van der Waals surface area contributed by atoms with Crippen LogP contribution >= 0.6 is 0 Å². The fourth-order valence-electron chi connectivity index (χ4n) is 1.99. The topological polar surface area (TPSA) is 157 Å². The van der Waals surface area contributed by atoms with Gasteiger partial charge in [0.25, 0.3) is 0 Å². The SMILES string of the molecule is COC(=O)OC(Cn1ccnc1[N+](=O)[O-])Cn1ccnc1[N+](=O)[O-]. The normalized spacial score (nSPS) is 10.6. The molecular weight excluding hydrogens is 328 g/mol. The summed E-state index contributed by atoms with van der Waals surface area (Å²) in [7, 11) is 1.10. The molecule has 13 nitrogen and oxygen atoms in total. The molecule has 13 heteroatoms. The van der Waals surface area contributed by atoms with Crippen LogP contribution < -0.4 is 0 Å². The summed E-state index contributed by atoms with van der Waals surface area (Å²) in [5.41, 5.74) is 0. The van der Waals surface area contributed by atoms with Crippen LogP contribution in [-0.4, -0.2) is 48.3 Å². The number of ether oxygens (including phenoxy) is 2. The predicted molar refractivity (Wildman–Crippen MR) is 75.0 cm³/mol. The first kappa shape index (κ1) is 16.9. The van der Waals surface area contributed by atoms with Crippen molar-refractivity contribution in [3.05, 3.63) is 45.0 Å². The van der Waals surface area contributed by atoms with E-state index in [0.717, 1.165) is 16.2 Å². The Morgan fingerprint density at radius 3 is 1.96 bits per heavy atom. The van der Waals surface area contributed by atoms with Crippen molar-refractivity contribution in [1.29, 1.82) is 0 Å². The first-order valence-corrected chi connectivity index (χ1v) is 6.48. The Morgan fingerprint density at radius 2 is 1.58 bits per heavy atom. The Balaban J connectivity index is 2.22. The Bertz CT molecular complexity index is 699. The molecule has 0 aliphatic heterocycles. The van der Waals surface area contributed by atoms with Gasteiger partial charge in [-0.05, 0) is 9.85 Å². The first-order chi connectivity index (χ1) is 11.4. The van der Waals surface area contributed by atoms with E-state index in [1.165, 1.54) is 24.8 Å². The number of rotatable bonds is 7. The third kappa shape index (κ3) is 3.82. The van der Waals surface area contributed by atoms with E-state index >= 15 is 0 Å². The molecule has 2 heterocycles. The van der Waals surface area contributed by atoms with Gasteiger partial charge in [0.05, 0.1) is 7.11 Å². The van der Waals surface area contributed by atoms with E-state index in [1.807, 2.05) is 0 Å². The summed E-state index contributed by atoms with van der Waals surface area (Å²) in [6.45, 7) is -0.304. The molecule has 2 aromatic rings. The zero-order valence-corrected chi connectivity index (χ0v) is 12.3. The second-order valence-electron chi connectivity index (χ2n) is 4.47. The van der Waals surface area contributed by atoms with Crippen molar-refractivity contribution in [2.24, 2.45) is 0 Å². The monoisotopic (exact) mass is 340 g/mol. The van der Waals surface area contributed by atoms with Crippen LogP contribution in [0.5, 0.6) is 0 Å². The molecule has 2 rings (SSSR count). The van der Waals surface area contributed by atoms with Crippen LogP contribution in [0, 0.1) is 20.2 Å². The van der Waals surface area contributed by atoms with Gasteiger partial charge in [-0.2, -0.15) is 0 Å². The van der Waals surface area contributed by atoms with E-state index in [9.17, 15) is 25.0 Å². The Kier molecular flexibility index (Phi) is 5.03. The predicted octanol–water partition coefficient (Wildman–Crippen LogP) is 0.748. The second-order valence-corrected chi connectivity index (χ2v) is 4.47. The lowest BCUT2D eigenvalue weighted by Gasteiger charge is -2.15. The number of aromatic nitrogens is 4. The molecule has 24 heavy (non-hydrogen) atoms. The van der Waals surface area contributed by atoms with E-state index in [1.54, 1.807) is 0 Å². The number of nitro groups is 2. The Morgan fingerprint density at radius 1 is 1.12 bits per heavy atom. The van der Waals surface area contributed by atoms with Crippen LogP contribution in [0.4, 0.5) is 16.7 Å². The van der Waals surface area contributed by atoms with E-state index in [0.29, 0.717) is 0 Å². The van der Waals surface area contributed by atoms with Crippen molar-refractivity contribution in [2.75, 3.05) is 7.11 Å². The summed E-state index contributed by atoms with van der Waals surface area (Å²) in [5.74, 6) is -0.901. The van der Waals surface area contributed by atoms with Gasteiger partial charge in [-0.15, -0.1) is 0 Å². The van der Waals surface area contributed by atoms with Crippen LogP contribution in [0.2, 0.25) is 0 Å². The highest BCUT2D eigenvalue weighted by atomic mass is 16.7. The quantitative estimate of drug-likeness (QED) is 0.402. The highest BCUT2D eigenvalue weighted by Gasteiger charge is 2.26. The van der Waals surface area contributed by atoms with Gasteiger partial charge in [-0.3, -0.25) is 0 Å². The van der Waals surface area contributed by atoms with Crippen LogP contribution in [0.1, 0.15) is 0 Å². The minimum absolute atomic E-state index is 0.152. The zero-order chi connectivity index (χ0) is 17.7. The minimum atomic E-state index is -1.02. The number of hydrogen-bond acceptors (Lipinski definition) is 9. The van der Waals surface area contributed by atoms with Crippen LogP contribution in [-0.2, 0) is 22.6 Å². The van der Waals surface area contributed by atoms with E-state index in [-0.39, 0.29) is 13.1 Å². The van der Waals surface area contributed by atoms with Gasteiger partial charge in [0.1, 0.15) is 37.9 Å². The number of imidazole rings is 2. The van der Waals surface area contributed by atoms with Crippen molar-refractivity contribution < 1.29 is 24.1 Å². The third-order valence-corrected chi connectivity index (χ3v) is 2.94. The van der Waals surface area contributed by atoms with E-state index < -0.39 is 34.0 Å². The molecule has 0 aromatic carbocycles. The summed E-state index contributed by atoms with van der Waals surface area (Å²) in [6, 6.07) is 0. The number of carbonyl (C=O) groups excluding carboxylic acids is 1. The average Bonchev–Trinajstić information content (AvgIpc) is 3.16. The molecule has 0 saturated carbocycles. The summed E-state index contributed by atoms with van der Waals surface area (Å²) < 4.78 is 11.7. The smallest absolute Gasteiger partial charge is 0.438 e. The second kappa shape index (κ2) is 7.17. The summed E-state index contributed by atoms with van der Waals surface area (Å²) >= 11 is 0. The average molecular weight is 340 g/mol. The van der Waals surface area contributed by atoms with Gasteiger partial charge in [0, 0.05) is 0 Å². The molecule has 0 fully saturated rings. The Hall–Kier alpha value is -3.51. The number of hydrogen-bond donors (Lipinski definition) is 0. The molecule has 0 bridgehead atoms. The van der Waals surface area contributed by atoms with E-state index in [4.69, 9.17) is 4.74 Å². The maximum absolute atomic E-state index is 11.4. The molecule has 0 unspecified atom stereocenters. The molecule has 0 aliphatic rings. The molecule has 2 aromatic heterocycles. The zero-order valence-electron chi connectivity index (χ0n) is 12.3. The van der Waals surface area contributed by atoms with Crippen LogP contribution in [0.3, 0.4) is 0 Å². The van der Waals surface area contributed by atoms with Crippen molar-refractivity contribution in [3.63, 3.8) is 0 Å². The van der Waals surface area contributed by atoms with E-state index in [2.05, 4.69) is 14.7 Å². The number of nitrogens with zero attached hydrogens (tertiary/aromatic N) is 6. The first-order valence-electron chi connectivity index (χ1n) is 6.48. The van der Waals surface area contributed by atoms with Gasteiger partial charge in [-0.25, -0.2) is 13.9 Å². The molecule has 0 aliphatic carbocycles. The summed E-state index contributed by atoms with van der Waals surface area (Å²) in [4.78, 5) is 38.9. The largest absolute Gasteiger partial charge is 0.508 e. The molecule has 0 N–H and O–H groups in total. The fourth-order valence-corrected chi connectivity index (χ4v) is 1.99. The molecule has 0 saturated heterocycles. The van der Waals surface area contributed by atoms with Crippen LogP contribution in [0.15, 0.2) is 24.8 Å². The molecule has 0 spiro atoms. The van der Waals surface area contributed by atoms with Crippen molar-refractivity contribution >= 4 is 18.1 Å². The van der Waals surface area contributed by atoms with Crippen molar-refractivity contribution in [2.45, 2.75) is 19.2 Å². The maximum atomic E-state index is 11.4. The molecule has 128 valence electrons. The highest BCUT2D eigenvalue weighted by molar-refractivity contribution is 5.59. The minimum Gasteiger partial charge on any atom is -0.438 e. The Labute approximate surface area is 133 Å². The van der Waals surface area contributed by atoms with Gasteiger partial charge in [0.15, 0.2) is 6.10 Å². The standard InChI is InChI=1S/C11H12N6O7/c1-23-11(18)24-8(6-14-4-2-12-9(14)16(19)20)7-15-5-3-13-10(15)17(21)22/h2-5,8H,6-7H2,1H3. The lowest BCUT2D eigenvalue weighted by molar-refractivity contribution is -0.397. The van der Waals surface area contributed by atoms with Gasteiger partial charge in [-0.1, -0.05) is 9.97 Å². The summed E-state index contributed by atoms with van der Waals surface area (Å²) in [6.07, 6.45) is 3.08. The fraction of sp³-hybridized carbons (Fsp3) is 0.364. The highest BCUT2D eigenvalue weighted by Crippen LogP contribution is 2.14. The molecule has 0 atom stereocenters. The van der Waals surface area contributed by atoms with Gasteiger partial charge < -0.3 is 29.7 Å². The molecular formula is C11H12N6O7. The number of carbonyl (C=O) groups is 1. The van der Waals surface area contributed by atoms with Gasteiger partial charge >= 0.3 is 18.1 Å². The van der Waals surface area contributed by atoms with Gasteiger partial charge in [0.2, 0.25) is 0 Å². The lowest BCUT2D eigenvalue weighted by atomic mass is 10.3. The number of methoxy groups -OCH3 is 1. The lowest BCUT2D eigenvalue weighted by Crippen LogP contribution is -2.29. The summed E-state index contributed by atoms with van der Waals surface area (Å²) in [5, 5.41) is 21.8.